The summed E-state index contributed by atoms with van der Waals surface area (Å²) >= 11 is 0. The Morgan fingerprint density at radius 2 is 1.79 bits per heavy atom. The quantitative estimate of drug-likeness (QED) is 0.450. The number of aryl methyl sites for hydroxylation is 2. The Morgan fingerprint density at radius 1 is 1.00 bits per heavy atom. The minimum absolute atomic E-state index is 0.0348. The fourth-order valence-electron chi connectivity index (χ4n) is 3.63. The third-order valence-corrected chi connectivity index (χ3v) is 5.31. The van der Waals surface area contributed by atoms with Crippen molar-refractivity contribution in [2.24, 2.45) is 0 Å². The number of hydrogen-bond acceptors (Lipinski definition) is 2. The molecule has 0 atom stereocenters. The summed E-state index contributed by atoms with van der Waals surface area (Å²) in [5, 5.41) is 10.4. The predicted octanol–water partition coefficient (Wildman–Crippen LogP) is 5.66. The number of aromatic nitrogens is 1. The molecule has 0 unspecified atom stereocenters. The Hall–Kier alpha value is -3.53. The number of ether oxygens (including phenoxy) is 1. The van der Waals surface area contributed by atoms with Crippen molar-refractivity contribution in [3.05, 3.63) is 89.0 Å². The number of rotatable bonds is 6. The third kappa shape index (κ3) is 3.87. The number of carboxylic acids is 1. The zero-order chi connectivity index (χ0) is 20.4. The lowest BCUT2D eigenvalue weighted by atomic mass is 10.00. The molecule has 0 aliphatic rings. The van der Waals surface area contributed by atoms with Gasteiger partial charge in [-0.3, -0.25) is 4.79 Å². The fraction of sp³-hybridized carbons (Fsp3) is 0.160. The van der Waals surface area contributed by atoms with E-state index in [9.17, 15) is 9.90 Å². The molecular weight excluding hydrogens is 362 g/mol. The zero-order valence-corrected chi connectivity index (χ0v) is 16.5. The largest absolute Gasteiger partial charge is 0.489 e. The van der Waals surface area contributed by atoms with Gasteiger partial charge in [-0.1, -0.05) is 54.6 Å². The highest BCUT2D eigenvalue weighted by Crippen LogP contribution is 2.34. The Kier molecular flexibility index (Phi) is 5.09. The van der Waals surface area contributed by atoms with Gasteiger partial charge < -0.3 is 14.8 Å². The summed E-state index contributed by atoms with van der Waals surface area (Å²) in [6.07, 6.45) is -0.0348. The number of carboxylic acid groups (broad SMARTS) is 1. The predicted molar refractivity (Wildman–Crippen MR) is 115 cm³/mol. The molecule has 0 fully saturated rings. The van der Waals surface area contributed by atoms with E-state index in [-0.39, 0.29) is 6.42 Å². The zero-order valence-electron chi connectivity index (χ0n) is 16.5. The first kappa shape index (κ1) is 18.8. The van der Waals surface area contributed by atoms with Crippen molar-refractivity contribution in [3.63, 3.8) is 0 Å². The van der Waals surface area contributed by atoms with Gasteiger partial charge in [0, 0.05) is 16.5 Å². The minimum atomic E-state index is -0.845. The highest BCUT2D eigenvalue weighted by atomic mass is 16.5. The molecule has 0 spiro atoms. The third-order valence-electron chi connectivity index (χ3n) is 5.31. The van der Waals surface area contributed by atoms with Crippen LogP contribution in [0.2, 0.25) is 0 Å². The summed E-state index contributed by atoms with van der Waals surface area (Å²) in [5.41, 5.74) is 6.95. The smallest absolute Gasteiger partial charge is 0.307 e. The molecule has 0 radical (unpaired) electrons. The molecule has 2 N–H and O–H groups in total. The van der Waals surface area contributed by atoms with Crippen LogP contribution in [0, 0.1) is 13.8 Å². The van der Waals surface area contributed by atoms with Crippen molar-refractivity contribution in [3.8, 4) is 17.0 Å². The van der Waals surface area contributed by atoms with Gasteiger partial charge in [0.2, 0.25) is 0 Å². The number of aromatic amines is 1. The Morgan fingerprint density at radius 3 is 2.55 bits per heavy atom. The molecule has 146 valence electrons. The summed E-state index contributed by atoms with van der Waals surface area (Å²) in [6, 6.07) is 21.8. The van der Waals surface area contributed by atoms with Crippen LogP contribution in [0.5, 0.6) is 5.75 Å². The maximum Gasteiger partial charge on any atom is 0.307 e. The van der Waals surface area contributed by atoms with E-state index in [0.717, 1.165) is 44.6 Å². The van der Waals surface area contributed by atoms with Gasteiger partial charge >= 0.3 is 5.97 Å². The number of carbonyl (C=O) groups is 1. The number of fused-ring (bicyclic) bond motifs is 1. The first-order valence-electron chi connectivity index (χ1n) is 9.62. The topological polar surface area (TPSA) is 62.3 Å². The van der Waals surface area contributed by atoms with E-state index in [0.29, 0.717) is 6.61 Å². The van der Waals surface area contributed by atoms with Crippen LogP contribution in [0.25, 0.3) is 22.2 Å². The van der Waals surface area contributed by atoms with Crippen molar-refractivity contribution in [1.29, 1.82) is 0 Å². The molecule has 1 heterocycles. The fourth-order valence-corrected chi connectivity index (χ4v) is 3.63. The molecule has 0 amide bonds. The van der Waals surface area contributed by atoms with Crippen molar-refractivity contribution in [1.82, 2.24) is 4.98 Å². The normalized spacial score (nSPS) is 11.0. The molecule has 0 aliphatic heterocycles. The first-order valence-corrected chi connectivity index (χ1v) is 9.62. The van der Waals surface area contributed by atoms with Gasteiger partial charge in [-0.05, 0) is 48.2 Å². The summed E-state index contributed by atoms with van der Waals surface area (Å²) < 4.78 is 5.96. The van der Waals surface area contributed by atoms with Gasteiger partial charge in [-0.25, -0.2) is 0 Å². The molecule has 4 nitrogen and oxygen atoms in total. The van der Waals surface area contributed by atoms with Crippen LogP contribution >= 0.6 is 0 Å². The first-order chi connectivity index (χ1) is 14.0. The van der Waals surface area contributed by atoms with Crippen molar-refractivity contribution in [2.75, 3.05) is 0 Å². The molecule has 0 aliphatic carbocycles. The van der Waals surface area contributed by atoms with Gasteiger partial charge in [0.15, 0.2) is 0 Å². The van der Waals surface area contributed by atoms with Crippen LogP contribution in [-0.2, 0) is 17.8 Å². The van der Waals surface area contributed by atoms with E-state index in [2.05, 4.69) is 18.8 Å². The second-order valence-corrected chi connectivity index (χ2v) is 7.28. The van der Waals surface area contributed by atoms with Crippen molar-refractivity contribution < 1.29 is 14.6 Å². The molecule has 4 heteroatoms. The number of hydrogen-bond donors (Lipinski definition) is 2. The van der Waals surface area contributed by atoms with E-state index in [1.807, 2.05) is 66.7 Å². The monoisotopic (exact) mass is 385 g/mol. The molecule has 1 aromatic heterocycles. The molecule has 4 rings (SSSR count). The lowest BCUT2D eigenvalue weighted by Crippen LogP contribution is -2.01. The van der Waals surface area contributed by atoms with Crippen molar-refractivity contribution in [2.45, 2.75) is 26.9 Å². The number of nitrogens with one attached hydrogen (secondary N) is 1. The SMILES string of the molecule is Cc1ccc2c(CC(=O)O)c(-c3cccc(OCc4ccccc4)c3)[nH]c2c1C. The summed E-state index contributed by atoms with van der Waals surface area (Å²) in [6.45, 7) is 4.60. The molecular formula is C25H23NO3. The molecule has 4 aromatic rings. The molecule has 0 saturated carbocycles. The standard InChI is InChI=1S/C25H23NO3/c1-16-11-12-21-22(14-23(27)28)25(26-24(21)17(16)2)19-9-6-10-20(13-19)29-15-18-7-4-3-5-8-18/h3-13,26H,14-15H2,1-2H3,(H,27,28). The average Bonchev–Trinajstić information content (AvgIpc) is 3.09. The van der Waals surface area contributed by atoms with Crippen LogP contribution in [0.3, 0.4) is 0 Å². The van der Waals surface area contributed by atoms with Gasteiger partial charge in [-0.15, -0.1) is 0 Å². The summed E-state index contributed by atoms with van der Waals surface area (Å²) in [5.74, 6) is -0.0963. The van der Waals surface area contributed by atoms with Gasteiger partial charge in [0.25, 0.3) is 0 Å². The van der Waals surface area contributed by atoms with Gasteiger partial charge in [0.1, 0.15) is 12.4 Å². The van der Waals surface area contributed by atoms with Crippen LogP contribution < -0.4 is 4.74 Å². The van der Waals surface area contributed by atoms with Crippen LogP contribution in [0.15, 0.2) is 66.7 Å². The van der Waals surface area contributed by atoms with Crippen LogP contribution in [-0.4, -0.2) is 16.1 Å². The van der Waals surface area contributed by atoms with Gasteiger partial charge in [-0.2, -0.15) is 0 Å². The lowest BCUT2D eigenvalue weighted by molar-refractivity contribution is -0.136. The van der Waals surface area contributed by atoms with E-state index in [4.69, 9.17) is 4.74 Å². The Labute approximate surface area is 169 Å². The summed E-state index contributed by atoms with van der Waals surface area (Å²) in [7, 11) is 0. The molecule has 29 heavy (non-hydrogen) atoms. The van der Waals surface area contributed by atoms with Gasteiger partial charge in [0.05, 0.1) is 12.1 Å². The molecule has 0 saturated heterocycles. The van der Waals surface area contributed by atoms with Crippen LogP contribution in [0.4, 0.5) is 0 Å². The number of H-pyrrole nitrogens is 1. The van der Waals surface area contributed by atoms with E-state index in [1.54, 1.807) is 0 Å². The maximum absolute atomic E-state index is 11.5. The second-order valence-electron chi connectivity index (χ2n) is 7.28. The van der Waals surface area contributed by atoms with E-state index in [1.165, 1.54) is 5.56 Å². The van der Waals surface area contributed by atoms with Crippen LogP contribution in [0.1, 0.15) is 22.3 Å². The number of benzene rings is 3. The van der Waals surface area contributed by atoms with E-state index >= 15 is 0 Å². The average molecular weight is 385 g/mol. The highest BCUT2D eigenvalue weighted by molar-refractivity contribution is 5.96. The summed E-state index contributed by atoms with van der Waals surface area (Å²) in [4.78, 5) is 15.0. The number of aliphatic carboxylic acids is 1. The minimum Gasteiger partial charge on any atom is -0.489 e. The molecule has 3 aromatic carbocycles. The molecule has 0 bridgehead atoms. The Bertz CT molecular complexity index is 1180. The Balaban J connectivity index is 1.74. The maximum atomic E-state index is 11.5. The van der Waals surface area contributed by atoms with E-state index < -0.39 is 5.97 Å². The second kappa shape index (κ2) is 7.84. The lowest BCUT2D eigenvalue weighted by Gasteiger charge is -2.09. The highest BCUT2D eigenvalue weighted by Gasteiger charge is 2.18. The van der Waals surface area contributed by atoms with Crippen molar-refractivity contribution >= 4 is 16.9 Å².